The minimum atomic E-state index is -0.654. The van der Waals surface area contributed by atoms with Crippen LogP contribution in [0.1, 0.15) is 36.2 Å². The molecule has 0 unspecified atom stereocenters. The Balaban J connectivity index is 1.50. The summed E-state index contributed by atoms with van der Waals surface area (Å²) in [6.07, 6.45) is 5.05. The summed E-state index contributed by atoms with van der Waals surface area (Å²) in [6.45, 7) is 2.09. The average Bonchev–Trinajstić information content (AvgIpc) is 3.21. The summed E-state index contributed by atoms with van der Waals surface area (Å²) < 4.78 is 6.58. The highest BCUT2D eigenvalue weighted by atomic mass is 16.4. The third kappa shape index (κ3) is 2.84. The molecule has 1 N–H and O–H groups in total. The largest absolute Gasteiger partial charge is 0.420 e. The summed E-state index contributed by atoms with van der Waals surface area (Å²) in [5, 5.41) is 2.89. The first-order chi connectivity index (χ1) is 12.1. The fourth-order valence-electron chi connectivity index (χ4n) is 3.38. The van der Waals surface area contributed by atoms with E-state index >= 15 is 0 Å². The van der Waals surface area contributed by atoms with Crippen LogP contribution >= 0.6 is 0 Å². The van der Waals surface area contributed by atoms with Crippen molar-refractivity contribution in [2.75, 3.05) is 0 Å². The number of benzene rings is 1. The van der Waals surface area contributed by atoms with Crippen LogP contribution in [0.5, 0.6) is 0 Å². The van der Waals surface area contributed by atoms with Crippen LogP contribution in [-0.4, -0.2) is 15.5 Å². The van der Waals surface area contributed by atoms with Crippen molar-refractivity contribution in [3.05, 3.63) is 63.9 Å². The number of carbonyl (C=O) groups is 1. The van der Waals surface area contributed by atoms with Crippen molar-refractivity contribution in [2.45, 2.75) is 38.8 Å². The van der Waals surface area contributed by atoms with Crippen molar-refractivity contribution >= 4 is 17.0 Å². The Bertz CT molecular complexity index is 1000. The van der Waals surface area contributed by atoms with Gasteiger partial charge in [-0.1, -0.05) is 18.2 Å². The highest BCUT2D eigenvalue weighted by Gasteiger charge is 2.21. The maximum Gasteiger partial charge on any atom is 0.420 e. The molecule has 6 heteroatoms. The molecule has 0 fully saturated rings. The lowest BCUT2D eigenvalue weighted by atomic mass is 10.1. The number of rotatable bonds is 4. The summed E-state index contributed by atoms with van der Waals surface area (Å²) in [7, 11) is 0. The maximum atomic E-state index is 12.5. The van der Waals surface area contributed by atoms with E-state index in [-0.39, 0.29) is 5.91 Å². The van der Waals surface area contributed by atoms with Gasteiger partial charge in [0.25, 0.3) is 0 Å². The number of para-hydroxylation sites is 2. The zero-order valence-corrected chi connectivity index (χ0v) is 14.0. The molecule has 1 aliphatic rings. The molecule has 1 aromatic carbocycles. The molecule has 0 radical (unpaired) electrons. The number of pyridine rings is 1. The Morgan fingerprint density at radius 3 is 3.08 bits per heavy atom. The van der Waals surface area contributed by atoms with Crippen molar-refractivity contribution in [3.63, 3.8) is 0 Å². The molecule has 128 valence electrons. The van der Waals surface area contributed by atoms with Gasteiger partial charge in [-0.2, -0.15) is 0 Å². The zero-order chi connectivity index (χ0) is 17.4. The number of carbonyl (C=O) groups excluding carboxylic acids is 1. The van der Waals surface area contributed by atoms with Gasteiger partial charge in [-0.15, -0.1) is 0 Å². The summed E-state index contributed by atoms with van der Waals surface area (Å²) in [5.41, 5.74) is 4.52. The lowest BCUT2D eigenvalue weighted by molar-refractivity contribution is -0.124. The second-order valence-corrected chi connectivity index (χ2v) is 6.40. The number of hydrogen-bond acceptors (Lipinski definition) is 4. The number of amides is 1. The van der Waals surface area contributed by atoms with Gasteiger partial charge >= 0.3 is 5.76 Å². The van der Waals surface area contributed by atoms with E-state index in [0.717, 1.165) is 24.8 Å². The number of fused-ring (bicyclic) bond motifs is 2. The molecule has 0 saturated carbocycles. The molecule has 0 spiro atoms. The van der Waals surface area contributed by atoms with Crippen LogP contribution in [0.3, 0.4) is 0 Å². The number of aromatic nitrogens is 2. The van der Waals surface area contributed by atoms with Crippen LogP contribution in [0.4, 0.5) is 0 Å². The van der Waals surface area contributed by atoms with E-state index in [1.807, 2.05) is 12.3 Å². The Morgan fingerprint density at radius 1 is 1.36 bits per heavy atom. The predicted octanol–water partition coefficient (Wildman–Crippen LogP) is 2.36. The SMILES string of the molecule is C[C@@H](C(=O)NCc1cnc2c(c1)CCC2)n1c(=O)oc2ccccc21. The summed E-state index contributed by atoms with van der Waals surface area (Å²) in [6, 6.07) is 8.55. The number of oxazole rings is 1. The van der Waals surface area contributed by atoms with Crippen molar-refractivity contribution in [2.24, 2.45) is 0 Å². The second-order valence-electron chi connectivity index (χ2n) is 6.40. The normalized spacial score (nSPS) is 14.4. The minimum absolute atomic E-state index is 0.228. The molecule has 0 aliphatic heterocycles. The standard InChI is InChI=1S/C19H19N3O3/c1-12(22-16-7-2-3-8-17(16)25-19(22)24)18(23)21-11-13-9-14-5-4-6-15(14)20-10-13/h2-3,7-10,12H,4-6,11H2,1H3,(H,21,23)/t12-/m0/s1. The van der Waals surface area contributed by atoms with Crippen molar-refractivity contribution in [1.82, 2.24) is 14.9 Å². The maximum absolute atomic E-state index is 12.5. The van der Waals surface area contributed by atoms with Gasteiger partial charge in [0.1, 0.15) is 6.04 Å². The summed E-state index contributed by atoms with van der Waals surface area (Å²) >= 11 is 0. The fraction of sp³-hybridized carbons (Fsp3) is 0.316. The van der Waals surface area contributed by atoms with Gasteiger partial charge < -0.3 is 9.73 Å². The van der Waals surface area contributed by atoms with E-state index in [1.54, 1.807) is 25.1 Å². The Kier molecular flexibility index (Phi) is 3.87. The molecule has 1 aliphatic carbocycles. The molecule has 2 heterocycles. The van der Waals surface area contributed by atoms with E-state index < -0.39 is 11.8 Å². The van der Waals surface area contributed by atoms with Crippen LogP contribution in [-0.2, 0) is 24.2 Å². The smallest absolute Gasteiger partial charge is 0.408 e. The number of nitrogens with zero attached hydrogens (tertiary/aromatic N) is 2. The fourth-order valence-corrected chi connectivity index (χ4v) is 3.38. The van der Waals surface area contributed by atoms with Gasteiger partial charge in [0.05, 0.1) is 5.52 Å². The van der Waals surface area contributed by atoms with E-state index in [0.29, 0.717) is 17.6 Å². The lowest BCUT2D eigenvalue weighted by Crippen LogP contribution is -2.34. The Labute approximate surface area is 144 Å². The molecule has 4 rings (SSSR count). The van der Waals surface area contributed by atoms with Gasteiger partial charge in [-0.25, -0.2) is 4.79 Å². The molecule has 0 saturated heterocycles. The Morgan fingerprint density at radius 2 is 2.20 bits per heavy atom. The molecular formula is C19H19N3O3. The first-order valence-electron chi connectivity index (χ1n) is 8.48. The first-order valence-corrected chi connectivity index (χ1v) is 8.48. The zero-order valence-electron chi connectivity index (χ0n) is 14.0. The van der Waals surface area contributed by atoms with E-state index in [2.05, 4.69) is 16.4 Å². The van der Waals surface area contributed by atoms with Crippen LogP contribution in [0.2, 0.25) is 0 Å². The van der Waals surface area contributed by atoms with E-state index in [9.17, 15) is 9.59 Å². The topological polar surface area (TPSA) is 77.1 Å². The lowest BCUT2D eigenvalue weighted by Gasteiger charge is -2.13. The summed E-state index contributed by atoms with van der Waals surface area (Å²) in [5.74, 6) is -0.753. The van der Waals surface area contributed by atoms with Gasteiger partial charge in [0, 0.05) is 18.4 Å². The average molecular weight is 337 g/mol. The highest BCUT2D eigenvalue weighted by molar-refractivity contribution is 5.82. The third-order valence-electron chi connectivity index (χ3n) is 4.73. The van der Waals surface area contributed by atoms with Crippen LogP contribution in [0, 0.1) is 0 Å². The molecule has 1 atom stereocenters. The first kappa shape index (κ1) is 15.6. The quantitative estimate of drug-likeness (QED) is 0.793. The van der Waals surface area contributed by atoms with Gasteiger partial charge in [0.15, 0.2) is 5.58 Å². The van der Waals surface area contributed by atoms with Crippen LogP contribution < -0.4 is 11.1 Å². The van der Waals surface area contributed by atoms with Crippen molar-refractivity contribution < 1.29 is 9.21 Å². The molecule has 1 amide bonds. The molecule has 25 heavy (non-hydrogen) atoms. The van der Waals surface area contributed by atoms with Crippen molar-refractivity contribution in [3.8, 4) is 0 Å². The Hall–Kier alpha value is -2.89. The number of hydrogen-bond donors (Lipinski definition) is 1. The van der Waals surface area contributed by atoms with Gasteiger partial charge in [-0.05, 0) is 49.4 Å². The van der Waals surface area contributed by atoms with Crippen LogP contribution in [0.25, 0.3) is 11.1 Å². The third-order valence-corrected chi connectivity index (χ3v) is 4.73. The molecule has 3 aromatic rings. The van der Waals surface area contributed by atoms with Gasteiger partial charge in [-0.3, -0.25) is 14.3 Å². The van der Waals surface area contributed by atoms with Crippen LogP contribution in [0.15, 0.2) is 45.7 Å². The second kappa shape index (κ2) is 6.20. The molecule has 6 nitrogen and oxygen atoms in total. The minimum Gasteiger partial charge on any atom is -0.408 e. The van der Waals surface area contributed by atoms with E-state index in [4.69, 9.17) is 4.42 Å². The van der Waals surface area contributed by atoms with E-state index in [1.165, 1.54) is 15.8 Å². The highest BCUT2D eigenvalue weighted by Crippen LogP contribution is 2.20. The molecular weight excluding hydrogens is 318 g/mol. The number of aryl methyl sites for hydroxylation is 2. The molecule has 0 bridgehead atoms. The molecule has 2 aromatic heterocycles. The monoisotopic (exact) mass is 337 g/mol. The summed E-state index contributed by atoms with van der Waals surface area (Å²) in [4.78, 5) is 29.1. The number of nitrogens with one attached hydrogen (secondary N) is 1. The van der Waals surface area contributed by atoms with Crippen molar-refractivity contribution in [1.29, 1.82) is 0 Å². The predicted molar refractivity (Wildman–Crippen MR) is 93.3 cm³/mol. The van der Waals surface area contributed by atoms with Gasteiger partial charge in [0.2, 0.25) is 5.91 Å².